The van der Waals surface area contributed by atoms with Crippen molar-refractivity contribution in [1.82, 2.24) is 4.90 Å². The number of aliphatic hydroxyl groups excluding tert-OH is 1. The summed E-state index contributed by atoms with van der Waals surface area (Å²) < 4.78 is 11.5. The molecule has 0 fully saturated rings. The molecule has 21 heavy (non-hydrogen) atoms. The fraction of sp³-hybridized carbons (Fsp3) is 0.562. The summed E-state index contributed by atoms with van der Waals surface area (Å²) >= 11 is 5.25. The molecule has 0 aliphatic rings. The van der Waals surface area contributed by atoms with E-state index in [4.69, 9.17) is 21.7 Å². The lowest BCUT2D eigenvalue weighted by molar-refractivity contribution is 0.205. The monoisotopic (exact) mass is 311 g/mol. The van der Waals surface area contributed by atoms with Crippen LogP contribution in [-0.4, -0.2) is 41.3 Å². The van der Waals surface area contributed by atoms with Gasteiger partial charge in [-0.05, 0) is 39.8 Å². The highest BCUT2D eigenvalue weighted by Gasteiger charge is 2.21. The maximum atomic E-state index is 10.4. The standard InChI is InChI=1S/C16H25NO3S/c1-10(2)19-12-7-8-13(14(9-12)20-11(3)4)15(18)16(21)17(5)6/h7-11,15,18H,1-6H3. The summed E-state index contributed by atoms with van der Waals surface area (Å²) in [5.41, 5.74) is 0.651. The van der Waals surface area contributed by atoms with Crippen LogP contribution < -0.4 is 9.47 Å². The summed E-state index contributed by atoms with van der Waals surface area (Å²) in [6.07, 6.45) is -0.800. The van der Waals surface area contributed by atoms with Crippen molar-refractivity contribution in [1.29, 1.82) is 0 Å². The van der Waals surface area contributed by atoms with E-state index >= 15 is 0 Å². The van der Waals surface area contributed by atoms with E-state index in [1.54, 1.807) is 17.0 Å². The minimum Gasteiger partial charge on any atom is -0.491 e. The van der Waals surface area contributed by atoms with Crippen molar-refractivity contribution in [2.75, 3.05) is 14.1 Å². The molecule has 4 nitrogen and oxygen atoms in total. The van der Waals surface area contributed by atoms with Crippen molar-refractivity contribution in [3.8, 4) is 11.5 Å². The molecule has 0 aromatic heterocycles. The number of hydrogen-bond donors (Lipinski definition) is 1. The van der Waals surface area contributed by atoms with Gasteiger partial charge in [-0.3, -0.25) is 0 Å². The van der Waals surface area contributed by atoms with Crippen LogP contribution in [0.2, 0.25) is 0 Å². The second-order valence-electron chi connectivity index (χ2n) is 5.67. The zero-order chi connectivity index (χ0) is 16.2. The number of hydrogen-bond acceptors (Lipinski definition) is 4. The Hall–Kier alpha value is -1.33. The van der Waals surface area contributed by atoms with Crippen molar-refractivity contribution in [2.24, 2.45) is 0 Å². The van der Waals surface area contributed by atoms with Crippen molar-refractivity contribution in [3.05, 3.63) is 23.8 Å². The summed E-state index contributed by atoms with van der Waals surface area (Å²) in [5, 5.41) is 10.4. The van der Waals surface area contributed by atoms with E-state index in [-0.39, 0.29) is 12.2 Å². The summed E-state index contributed by atoms with van der Waals surface area (Å²) in [6.45, 7) is 7.81. The smallest absolute Gasteiger partial charge is 0.133 e. The SMILES string of the molecule is CC(C)Oc1ccc(C(O)C(=S)N(C)C)c(OC(C)C)c1. The van der Waals surface area contributed by atoms with E-state index in [1.165, 1.54) is 0 Å². The van der Waals surface area contributed by atoms with Crippen molar-refractivity contribution in [3.63, 3.8) is 0 Å². The molecule has 1 aromatic carbocycles. The Morgan fingerprint density at radius 3 is 2.14 bits per heavy atom. The fourth-order valence-electron chi connectivity index (χ4n) is 1.82. The number of thiocarbonyl (C=S) groups is 1. The van der Waals surface area contributed by atoms with Gasteiger partial charge in [0.2, 0.25) is 0 Å². The van der Waals surface area contributed by atoms with Crippen LogP contribution in [0.5, 0.6) is 11.5 Å². The molecule has 0 radical (unpaired) electrons. The predicted octanol–water partition coefficient (Wildman–Crippen LogP) is 3.18. The summed E-state index contributed by atoms with van der Waals surface area (Å²) in [6, 6.07) is 5.43. The highest BCUT2D eigenvalue weighted by atomic mass is 32.1. The number of benzene rings is 1. The third-order valence-corrected chi connectivity index (χ3v) is 3.28. The first-order valence-corrected chi connectivity index (χ1v) is 7.49. The van der Waals surface area contributed by atoms with Gasteiger partial charge in [-0.25, -0.2) is 0 Å². The van der Waals surface area contributed by atoms with Gasteiger partial charge in [0.05, 0.1) is 12.2 Å². The van der Waals surface area contributed by atoms with E-state index < -0.39 is 6.10 Å². The van der Waals surface area contributed by atoms with E-state index in [2.05, 4.69) is 0 Å². The molecule has 1 rings (SSSR count). The molecule has 0 saturated carbocycles. The lowest BCUT2D eigenvalue weighted by Crippen LogP contribution is -2.26. The Morgan fingerprint density at radius 2 is 1.67 bits per heavy atom. The molecular formula is C16H25NO3S. The zero-order valence-corrected chi connectivity index (χ0v) is 14.4. The molecular weight excluding hydrogens is 286 g/mol. The summed E-state index contributed by atoms with van der Waals surface area (Å²) in [5.74, 6) is 1.31. The topological polar surface area (TPSA) is 41.9 Å². The van der Waals surface area contributed by atoms with E-state index in [0.717, 1.165) is 0 Å². The Balaban J connectivity index is 3.14. The number of rotatable bonds is 6. The van der Waals surface area contributed by atoms with Crippen LogP contribution in [0, 0.1) is 0 Å². The Bertz CT molecular complexity index is 486. The van der Waals surface area contributed by atoms with Crippen LogP contribution in [0.15, 0.2) is 18.2 Å². The largest absolute Gasteiger partial charge is 0.491 e. The van der Waals surface area contributed by atoms with Gasteiger partial charge in [0.25, 0.3) is 0 Å². The van der Waals surface area contributed by atoms with Crippen molar-refractivity contribution in [2.45, 2.75) is 46.0 Å². The first-order chi connectivity index (χ1) is 9.72. The number of ether oxygens (including phenoxy) is 2. The van der Waals surface area contributed by atoms with Crippen LogP contribution in [0.1, 0.15) is 39.4 Å². The molecule has 0 heterocycles. The molecule has 0 amide bonds. The third-order valence-electron chi connectivity index (χ3n) is 2.69. The van der Waals surface area contributed by atoms with Crippen molar-refractivity contribution >= 4 is 17.2 Å². The molecule has 0 aliphatic heterocycles. The summed E-state index contributed by atoms with van der Waals surface area (Å²) in [4.78, 5) is 2.17. The van der Waals surface area contributed by atoms with Crippen LogP contribution in [-0.2, 0) is 0 Å². The average molecular weight is 311 g/mol. The maximum absolute atomic E-state index is 10.4. The molecule has 0 spiro atoms. The third kappa shape index (κ3) is 5.17. The molecule has 1 unspecified atom stereocenters. The van der Waals surface area contributed by atoms with Crippen molar-refractivity contribution < 1.29 is 14.6 Å². The van der Waals surface area contributed by atoms with Gasteiger partial charge in [-0.2, -0.15) is 0 Å². The number of aliphatic hydroxyl groups is 1. The van der Waals surface area contributed by atoms with Crippen LogP contribution in [0.25, 0.3) is 0 Å². The van der Waals surface area contributed by atoms with Crippen LogP contribution >= 0.6 is 12.2 Å². The summed E-state index contributed by atoms with van der Waals surface area (Å²) in [7, 11) is 3.62. The van der Waals surface area contributed by atoms with Gasteiger partial charge in [0.15, 0.2) is 0 Å². The minimum absolute atomic E-state index is 0.00169. The average Bonchev–Trinajstić information content (AvgIpc) is 2.35. The quantitative estimate of drug-likeness (QED) is 0.817. The van der Waals surface area contributed by atoms with Gasteiger partial charge >= 0.3 is 0 Å². The Morgan fingerprint density at radius 1 is 1.10 bits per heavy atom. The minimum atomic E-state index is -0.878. The van der Waals surface area contributed by atoms with Gasteiger partial charge in [0, 0.05) is 25.7 Å². The van der Waals surface area contributed by atoms with Gasteiger partial charge in [-0.15, -0.1) is 0 Å². The fourth-order valence-corrected chi connectivity index (χ4v) is 1.95. The lowest BCUT2D eigenvalue weighted by atomic mass is 10.1. The van der Waals surface area contributed by atoms with Crippen LogP contribution in [0.3, 0.4) is 0 Å². The molecule has 1 atom stereocenters. The molecule has 1 N–H and O–H groups in total. The van der Waals surface area contributed by atoms with Gasteiger partial charge in [0.1, 0.15) is 22.6 Å². The Kier molecular flexibility index (Phi) is 6.42. The van der Waals surface area contributed by atoms with E-state index in [9.17, 15) is 5.11 Å². The highest BCUT2D eigenvalue weighted by Crippen LogP contribution is 2.32. The molecule has 0 bridgehead atoms. The van der Waals surface area contributed by atoms with Gasteiger partial charge in [-0.1, -0.05) is 12.2 Å². The first-order valence-electron chi connectivity index (χ1n) is 7.08. The second-order valence-corrected chi connectivity index (χ2v) is 6.09. The lowest BCUT2D eigenvalue weighted by Gasteiger charge is -2.23. The van der Waals surface area contributed by atoms with E-state index in [0.29, 0.717) is 22.1 Å². The molecule has 5 heteroatoms. The number of nitrogens with zero attached hydrogens (tertiary/aromatic N) is 1. The molecule has 0 aliphatic carbocycles. The normalized spacial score (nSPS) is 12.4. The molecule has 0 saturated heterocycles. The van der Waals surface area contributed by atoms with Gasteiger partial charge < -0.3 is 19.5 Å². The Labute approximate surface area is 132 Å². The maximum Gasteiger partial charge on any atom is 0.133 e. The first kappa shape index (κ1) is 17.7. The van der Waals surface area contributed by atoms with Crippen LogP contribution in [0.4, 0.5) is 0 Å². The second kappa shape index (κ2) is 7.61. The predicted molar refractivity (Wildman–Crippen MR) is 89.2 cm³/mol. The molecule has 1 aromatic rings. The molecule has 118 valence electrons. The van der Waals surface area contributed by atoms with E-state index in [1.807, 2.05) is 47.9 Å². The zero-order valence-electron chi connectivity index (χ0n) is 13.6. The highest BCUT2D eigenvalue weighted by molar-refractivity contribution is 7.80. The number of likely N-dealkylation sites (N-methyl/N-ethyl adjacent to an activating group) is 1.